The quantitative estimate of drug-likeness (QED) is 0.470. The molecule has 3 N–H and O–H groups in total. The fourth-order valence-corrected chi connectivity index (χ4v) is 2.31. The zero-order valence-corrected chi connectivity index (χ0v) is 15.4. The number of carbonyl (C=O) groups is 3. The monoisotopic (exact) mass is 384 g/mol. The third-order valence-electron chi connectivity index (χ3n) is 3.73. The highest BCUT2D eigenvalue weighted by Gasteiger charge is 2.16. The van der Waals surface area contributed by atoms with Crippen LogP contribution in [0.1, 0.15) is 15.9 Å². The average Bonchev–Trinajstić information content (AvgIpc) is 2.72. The molecule has 0 aliphatic rings. The summed E-state index contributed by atoms with van der Waals surface area (Å²) in [5.74, 6) is -2.70. The van der Waals surface area contributed by atoms with Gasteiger partial charge in [-0.05, 0) is 23.8 Å². The highest BCUT2D eigenvalue weighted by molar-refractivity contribution is 6.00. The number of carbonyl (C=O) groups excluding carboxylic acids is 2. The van der Waals surface area contributed by atoms with Crippen molar-refractivity contribution in [2.24, 2.45) is 0 Å². The maximum absolute atomic E-state index is 12.0. The van der Waals surface area contributed by atoms with Gasteiger partial charge in [0.15, 0.2) is 0 Å². The lowest BCUT2D eigenvalue weighted by molar-refractivity contribution is -0.138. The number of ether oxygens (including phenoxy) is 2. The van der Waals surface area contributed by atoms with Gasteiger partial charge in [0.05, 0.1) is 37.2 Å². The van der Waals surface area contributed by atoms with Gasteiger partial charge in [-0.15, -0.1) is 0 Å². The zero-order valence-electron chi connectivity index (χ0n) is 15.4. The van der Waals surface area contributed by atoms with E-state index in [4.69, 9.17) is 0 Å². The summed E-state index contributed by atoms with van der Waals surface area (Å²) < 4.78 is 9.20. The number of nitrogens with one attached hydrogen (secondary N) is 2. The molecular weight excluding hydrogens is 364 g/mol. The standard InChI is InChI=1S/C20H20N2O6/c1-27-18(23)11-17(20(26)28-2)22-16-10-14(19(24)25)8-9-15(16)21-12-13-6-4-3-5-7-13/h3-11,21-22H,12H2,1-2H3,(H,24,25)/b17-11+. The number of hydrogen-bond acceptors (Lipinski definition) is 7. The highest BCUT2D eigenvalue weighted by atomic mass is 16.5. The number of anilines is 2. The number of carboxylic acid groups (broad SMARTS) is 1. The second kappa shape index (κ2) is 9.77. The predicted octanol–water partition coefficient (Wildman–Crippen LogP) is 2.64. The molecule has 2 aromatic rings. The molecule has 0 aromatic heterocycles. The number of aromatic carboxylic acids is 1. The molecule has 0 aliphatic heterocycles. The number of benzene rings is 2. The second-order valence-corrected chi connectivity index (χ2v) is 5.60. The Hall–Kier alpha value is -3.81. The zero-order chi connectivity index (χ0) is 20.5. The molecule has 8 heteroatoms. The van der Waals surface area contributed by atoms with E-state index in [1.807, 2.05) is 30.3 Å². The molecule has 0 atom stereocenters. The Kier molecular flexibility index (Phi) is 7.15. The van der Waals surface area contributed by atoms with Gasteiger partial charge in [-0.3, -0.25) is 0 Å². The van der Waals surface area contributed by atoms with Gasteiger partial charge in [-0.25, -0.2) is 14.4 Å². The van der Waals surface area contributed by atoms with Crippen molar-refractivity contribution in [2.75, 3.05) is 24.9 Å². The van der Waals surface area contributed by atoms with Crippen molar-refractivity contribution >= 4 is 29.3 Å². The van der Waals surface area contributed by atoms with Crippen molar-refractivity contribution in [1.82, 2.24) is 0 Å². The van der Waals surface area contributed by atoms with Crippen LogP contribution in [0.3, 0.4) is 0 Å². The molecular formula is C20H20N2O6. The van der Waals surface area contributed by atoms with Crippen LogP contribution in [-0.2, 0) is 25.6 Å². The summed E-state index contributed by atoms with van der Waals surface area (Å²) in [6.07, 6.45) is 0.931. The Labute approximate surface area is 161 Å². The van der Waals surface area contributed by atoms with Crippen LogP contribution >= 0.6 is 0 Å². The molecule has 0 aliphatic carbocycles. The Balaban J connectivity index is 2.36. The normalized spacial score (nSPS) is 10.7. The van der Waals surface area contributed by atoms with Crippen LogP contribution in [0.15, 0.2) is 60.3 Å². The molecule has 0 amide bonds. The van der Waals surface area contributed by atoms with Gasteiger partial charge in [0.1, 0.15) is 5.70 Å². The maximum Gasteiger partial charge on any atom is 0.354 e. The van der Waals surface area contributed by atoms with E-state index in [-0.39, 0.29) is 16.9 Å². The minimum absolute atomic E-state index is 0.00930. The number of esters is 2. The first-order valence-corrected chi connectivity index (χ1v) is 8.24. The van der Waals surface area contributed by atoms with E-state index in [0.29, 0.717) is 12.2 Å². The first kappa shape index (κ1) is 20.5. The largest absolute Gasteiger partial charge is 0.478 e. The molecule has 2 rings (SSSR count). The number of rotatable bonds is 8. The van der Waals surface area contributed by atoms with Crippen LogP contribution in [0.4, 0.5) is 11.4 Å². The number of carboxylic acids is 1. The fraction of sp³-hybridized carbons (Fsp3) is 0.150. The smallest absolute Gasteiger partial charge is 0.354 e. The molecule has 28 heavy (non-hydrogen) atoms. The first-order valence-electron chi connectivity index (χ1n) is 8.24. The topological polar surface area (TPSA) is 114 Å². The van der Waals surface area contributed by atoms with E-state index >= 15 is 0 Å². The first-order chi connectivity index (χ1) is 13.4. The highest BCUT2D eigenvalue weighted by Crippen LogP contribution is 2.26. The molecule has 0 bridgehead atoms. The minimum Gasteiger partial charge on any atom is -0.478 e. The van der Waals surface area contributed by atoms with Gasteiger partial charge < -0.3 is 25.2 Å². The SMILES string of the molecule is COC(=O)/C=C(/Nc1cc(C(=O)O)ccc1NCc1ccccc1)C(=O)OC. The van der Waals surface area contributed by atoms with E-state index in [0.717, 1.165) is 18.7 Å². The lowest BCUT2D eigenvalue weighted by Crippen LogP contribution is -2.17. The molecule has 2 aromatic carbocycles. The average molecular weight is 384 g/mol. The number of methoxy groups -OCH3 is 2. The van der Waals surface area contributed by atoms with Crippen molar-refractivity contribution in [1.29, 1.82) is 0 Å². The summed E-state index contributed by atoms with van der Waals surface area (Å²) in [5.41, 5.74) is 1.65. The fourth-order valence-electron chi connectivity index (χ4n) is 2.31. The van der Waals surface area contributed by atoms with Crippen LogP contribution in [0.25, 0.3) is 0 Å². The van der Waals surface area contributed by atoms with E-state index < -0.39 is 17.9 Å². The Bertz CT molecular complexity index is 893. The summed E-state index contributed by atoms with van der Waals surface area (Å²) in [7, 11) is 2.34. The van der Waals surface area contributed by atoms with Gasteiger partial charge in [0.2, 0.25) is 0 Å². The van der Waals surface area contributed by atoms with Crippen molar-refractivity contribution in [3.63, 3.8) is 0 Å². The van der Waals surface area contributed by atoms with Crippen molar-refractivity contribution in [3.8, 4) is 0 Å². The van der Waals surface area contributed by atoms with Gasteiger partial charge >= 0.3 is 17.9 Å². The van der Waals surface area contributed by atoms with E-state index in [1.165, 1.54) is 19.2 Å². The minimum atomic E-state index is -1.13. The van der Waals surface area contributed by atoms with Gasteiger partial charge in [0, 0.05) is 6.54 Å². The predicted molar refractivity (Wildman–Crippen MR) is 103 cm³/mol. The lowest BCUT2D eigenvalue weighted by atomic mass is 10.1. The van der Waals surface area contributed by atoms with Crippen LogP contribution in [-0.4, -0.2) is 37.2 Å². The van der Waals surface area contributed by atoms with Gasteiger partial charge in [-0.1, -0.05) is 30.3 Å². The molecule has 146 valence electrons. The molecule has 0 spiro atoms. The van der Waals surface area contributed by atoms with Crippen molar-refractivity contribution < 1.29 is 29.0 Å². The van der Waals surface area contributed by atoms with E-state index in [9.17, 15) is 19.5 Å². The molecule has 0 fully saturated rings. The molecule has 0 saturated carbocycles. The van der Waals surface area contributed by atoms with Crippen LogP contribution in [0, 0.1) is 0 Å². The van der Waals surface area contributed by atoms with Crippen LogP contribution in [0.5, 0.6) is 0 Å². The lowest BCUT2D eigenvalue weighted by Gasteiger charge is -2.16. The molecule has 0 saturated heterocycles. The van der Waals surface area contributed by atoms with Crippen LogP contribution in [0.2, 0.25) is 0 Å². The van der Waals surface area contributed by atoms with Gasteiger partial charge in [-0.2, -0.15) is 0 Å². The summed E-state index contributed by atoms with van der Waals surface area (Å²) in [5, 5.41) is 15.2. The third kappa shape index (κ3) is 5.60. The molecule has 0 heterocycles. The van der Waals surface area contributed by atoms with Crippen LogP contribution < -0.4 is 10.6 Å². The van der Waals surface area contributed by atoms with E-state index in [2.05, 4.69) is 20.1 Å². The molecule has 0 unspecified atom stereocenters. The summed E-state index contributed by atoms with van der Waals surface area (Å²) in [6, 6.07) is 13.9. The molecule has 8 nitrogen and oxygen atoms in total. The summed E-state index contributed by atoms with van der Waals surface area (Å²) in [4.78, 5) is 34.8. The maximum atomic E-state index is 12.0. The Morgan fingerprint density at radius 1 is 1.00 bits per heavy atom. The Morgan fingerprint density at radius 2 is 1.71 bits per heavy atom. The summed E-state index contributed by atoms with van der Waals surface area (Å²) in [6.45, 7) is 0.468. The third-order valence-corrected chi connectivity index (χ3v) is 3.73. The molecule has 0 radical (unpaired) electrons. The second-order valence-electron chi connectivity index (χ2n) is 5.60. The van der Waals surface area contributed by atoms with Gasteiger partial charge in [0.25, 0.3) is 0 Å². The Morgan fingerprint density at radius 3 is 2.32 bits per heavy atom. The number of hydrogen-bond donors (Lipinski definition) is 3. The van der Waals surface area contributed by atoms with E-state index in [1.54, 1.807) is 6.07 Å². The summed E-state index contributed by atoms with van der Waals surface area (Å²) >= 11 is 0. The van der Waals surface area contributed by atoms with Crippen molar-refractivity contribution in [2.45, 2.75) is 6.54 Å². The van der Waals surface area contributed by atoms with Crippen molar-refractivity contribution in [3.05, 3.63) is 71.4 Å².